The van der Waals surface area contributed by atoms with E-state index in [1.54, 1.807) is 0 Å². The second kappa shape index (κ2) is 6.20. The molecule has 1 aromatic heterocycles. The second-order valence-electron chi connectivity index (χ2n) is 6.02. The maximum atomic E-state index is 12.7. The zero-order valence-corrected chi connectivity index (χ0v) is 12.9. The summed E-state index contributed by atoms with van der Waals surface area (Å²) in [5.41, 5.74) is 0.718. The van der Waals surface area contributed by atoms with Crippen LogP contribution in [0.4, 0.5) is 0 Å². The molecule has 0 saturated carbocycles. The van der Waals surface area contributed by atoms with Crippen LogP contribution < -0.4 is 0 Å². The van der Waals surface area contributed by atoms with Gasteiger partial charge in [-0.1, -0.05) is 0 Å². The highest BCUT2D eigenvalue weighted by Crippen LogP contribution is 2.21. The maximum absolute atomic E-state index is 12.7. The molecular weight excluding hydrogens is 268 g/mol. The highest BCUT2D eigenvalue weighted by Gasteiger charge is 2.30. The lowest BCUT2D eigenvalue weighted by Gasteiger charge is -2.40. The minimum absolute atomic E-state index is 0.113. The molecule has 2 fully saturated rings. The summed E-state index contributed by atoms with van der Waals surface area (Å²) < 4.78 is 10.9. The number of carbonyl (C=O) groups excluding carboxylic acids is 1. The van der Waals surface area contributed by atoms with E-state index in [9.17, 15) is 4.79 Å². The van der Waals surface area contributed by atoms with E-state index in [4.69, 9.17) is 9.15 Å². The van der Waals surface area contributed by atoms with Gasteiger partial charge in [-0.3, -0.25) is 9.69 Å². The molecule has 0 radical (unpaired) electrons. The van der Waals surface area contributed by atoms with Crippen molar-refractivity contribution in [3.63, 3.8) is 0 Å². The summed E-state index contributed by atoms with van der Waals surface area (Å²) in [6.07, 6.45) is 2.25. The van der Waals surface area contributed by atoms with Crippen LogP contribution in [0.15, 0.2) is 10.5 Å². The van der Waals surface area contributed by atoms with Crippen LogP contribution in [0, 0.1) is 13.8 Å². The molecule has 0 N–H and O–H groups in total. The van der Waals surface area contributed by atoms with E-state index in [-0.39, 0.29) is 5.91 Å². The Morgan fingerprint density at radius 1 is 1.24 bits per heavy atom. The average Bonchev–Trinajstić information content (AvgIpc) is 2.86. The van der Waals surface area contributed by atoms with E-state index in [0.717, 1.165) is 62.9 Å². The van der Waals surface area contributed by atoms with E-state index in [2.05, 4.69) is 4.90 Å². The van der Waals surface area contributed by atoms with Crippen LogP contribution in [0.5, 0.6) is 0 Å². The zero-order valence-electron chi connectivity index (χ0n) is 12.9. The number of morpholine rings is 1. The Morgan fingerprint density at radius 2 is 2.00 bits per heavy atom. The monoisotopic (exact) mass is 292 g/mol. The van der Waals surface area contributed by atoms with E-state index in [1.165, 1.54) is 6.42 Å². The van der Waals surface area contributed by atoms with Gasteiger partial charge in [0.1, 0.15) is 11.5 Å². The fourth-order valence-electron chi connectivity index (χ4n) is 3.39. The summed E-state index contributed by atoms with van der Waals surface area (Å²) in [5, 5.41) is 0. The molecule has 1 amide bonds. The SMILES string of the molecule is Cc1cc(C(=O)N2CCCC(N3CCOCC3)C2)c(C)o1. The summed E-state index contributed by atoms with van der Waals surface area (Å²) in [6.45, 7) is 9.01. The number of nitrogens with zero attached hydrogens (tertiary/aromatic N) is 2. The smallest absolute Gasteiger partial charge is 0.257 e. The Bertz CT molecular complexity index is 506. The van der Waals surface area contributed by atoms with E-state index in [0.29, 0.717) is 6.04 Å². The number of carbonyl (C=O) groups is 1. The van der Waals surface area contributed by atoms with E-state index < -0.39 is 0 Å². The molecule has 2 aliphatic heterocycles. The Labute approximate surface area is 125 Å². The minimum Gasteiger partial charge on any atom is -0.466 e. The van der Waals surface area contributed by atoms with E-state index in [1.807, 2.05) is 24.8 Å². The van der Waals surface area contributed by atoms with Crippen LogP contribution in [-0.4, -0.2) is 61.1 Å². The summed E-state index contributed by atoms with van der Waals surface area (Å²) in [4.78, 5) is 17.1. The van der Waals surface area contributed by atoms with Gasteiger partial charge in [-0.05, 0) is 32.8 Å². The van der Waals surface area contributed by atoms with Crippen LogP contribution in [0.25, 0.3) is 0 Å². The quantitative estimate of drug-likeness (QED) is 0.834. The standard InChI is InChI=1S/C16H24N2O3/c1-12-10-15(13(2)21-12)16(19)18-5-3-4-14(11-18)17-6-8-20-9-7-17/h10,14H,3-9,11H2,1-2H3. The number of aryl methyl sites for hydroxylation is 2. The van der Waals surface area contributed by atoms with Gasteiger partial charge >= 0.3 is 0 Å². The third-order valence-electron chi connectivity index (χ3n) is 4.52. The first-order valence-corrected chi connectivity index (χ1v) is 7.83. The van der Waals surface area contributed by atoms with Crippen molar-refractivity contribution >= 4 is 5.91 Å². The molecule has 0 bridgehead atoms. The zero-order chi connectivity index (χ0) is 14.8. The molecule has 2 saturated heterocycles. The normalized spacial score (nSPS) is 24.3. The van der Waals surface area contributed by atoms with Gasteiger partial charge in [-0.15, -0.1) is 0 Å². The van der Waals surface area contributed by atoms with Crippen LogP contribution >= 0.6 is 0 Å². The Kier molecular flexibility index (Phi) is 4.31. The van der Waals surface area contributed by atoms with Crippen molar-refractivity contribution in [2.75, 3.05) is 39.4 Å². The summed E-state index contributed by atoms with van der Waals surface area (Å²) >= 11 is 0. The molecule has 1 aromatic rings. The van der Waals surface area contributed by atoms with Gasteiger partial charge in [-0.2, -0.15) is 0 Å². The number of hydrogen-bond acceptors (Lipinski definition) is 4. The van der Waals surface area contributed by atoms with Crippen LogP contribution in [0.2, 0.25) is 0 Å². The number of piperidine rings is 1. The van der Waals surface area contributed by atoms with Gasteiger partial charge in [0.05, 0.1) is 18.8 Å². The molecule has 1 unspecified atom stereocenters. The number of ether oxygens (including phenoxy) is 1. The predicted molar refractivity (Wildman–Crippen MR) is 79.5 cm³/mol. The van der Waals surface area contributed by atoms with Crippen molar-refractivity contribution < 1.29 is 13.9 Å². The topological polar surface area (TPSA) is 45.9 Å². The Balaban J connectivity index is 1.67. The van der Waals surface area contributed by atoms with Gasteiger partial charge in [0.2, 0.25) is 0 Å². The van der Waals surface area contributed by atoms with E-state index >= 15 is 0 Å². The average molecular weight is 292 g/mol. The molecule has 1 atom stereocenters. The summed E-state index contributed by atoms with van der Waals surface area (Å²) in [7, 11) is 0. The number of hydrogen-bond donors (Lipinski definition) is 0. The second-order valence-corrected chi connectivity index (χ2v) is 6.02. The molecule has 0 aliphatic carbocycles. The molecule has 3 rings (SSSR count). The van der Waals surface area contributed by atoms with Crippen molar-refractivity contribution in [3.05, 3.63) is 23.2 Å². The molecule has 0 aromatic carbocycles. The highest BCUT2D eigenvalue weighted by molar-refractivity contribution is 5.95. The van der Waals surface area contributed by atoms with Crippen LogP contribution in [-0.2, 0) is 4.74 Å². The molecule has 0 spiro atoms. The molecular formula is C16H24N2O3. The Hall–Kier alpha value is -1.33. The van der Waals surface area contributed by atoms with Gasteiger partial charge in [-0.25, -0.2) is 0 Å². The molecule has 116 valence electrons. The first-order chi connectivity index (χ1) is 10.1. The molecule has 5 heteroatoms. The van der Waals surface area contributed by atoms with Crippen LogP contribution in [0.3, 0.4) is 0 Å². The lowest BCUT2D eigenvalue weighted by Crippen LogP contribution is -2.52. The number of amides is 1. The first-order valence-electron chi connectivity index (χ1n) is 7.83. The van der Waals surface area contributed by atoms with Crippen molar-refractivity contribution in [2.45, 2.75) is 32.7 Å². The van der Waals surface area contributed by atoms with Gasteiger partial charge in [0, 0.05) is 32.2 Å². The third kappa shape index (κ3) is 3.14. The highest BCUT2D eigenvalue weighted by atomic mass is 16.5. The summed E-state index contributed by atoms with van der Waals surface area (Å²) in [6, 6.07) is 2.33. The van der Waals surface area contributed by atoms with Gasteiger partial charge in [0.25, 0.3) is 5.91 Å². The minimum atomic E-state index is 0.113. The van der Waals surface area contributed by atoms with Gasteiger partial charge < -0.3 is 14.1 Å². The van der Waals surface area contributed by atoms with Crippen molar-refractivity contribution in [3.8, 4) is 0 Å². The lowest BCUT2D eigenvalue weighted by atomic mass is 10.0. The maximum Gasteiger partial charge on any atom is 0.257 e. The predicted octanol–water partition coefficient (Wildman–Crippen LogP) is 1.83. The van der Waals surface area contributed by atoms with Crippen molar-refractivity contribution in [1.82, 2.24) is 9.80 Å². The number of furan rings is 1. The molecule has 21 heavy (non-hydrogen) atoms. The number of likely N-dealkylation sites (tertiary alicyclic amines) is 1. The van der Waals surface area contributed by atoms with Crippen molar-refractivity contribution in [1.29, 1.82) is 0 Å². The van der Waals surface area contributed by atoms with Crippen LogP contribution in [0.1, 0.15) is 34.7 Å². The molecule has 5 nitrogen and oxygen atoms in total. The van der Waals surface area contributed by atoms with Gasteiger partial charge in [0.15, 0.2) is 0 Å². The largest absolute Gasteiger partial charge is 0.466 e. The Morgan fingerprint density at radius 3 is 2.67 bits per heavy atom. The fraction of sp³-hybridized carbons (Fsp3) is 0.688. The fourth-order valence-corrected chi connectivity index (χ4v) is 3.39. The molecule has 2 aliphatic rings. The van der Waals surface area contributed by atoms with Crippen molar-refractivity contribution in [2.24, 2.45) is 0 Å². The molecule has 3 heterocycles. The lowest BCUT2D eigenvalue weighted by molar-refractivity contribution is -0.00123. The third-order valence-corrected chi connectivity index (χ3v) is 4.52. The first kappa shape index (κ1) is 14.6. The summed E-state index contributed by atoms with van der Waals surface area (Å²) in [5.74, 6) is 1.64. The number of rotatable bonds is 2.